The third-order valence-electron chi connectivity index (χ3n) is 1.46. The Morgan fingerprint density at radius 2 is 2.18 bits per heavy atom. The second-order valence-electron chi connectivity index (χ2n) is 2.45. The minimum absolute atomic E-state index is 1.11. The Bertz CT molecular complexity index is 146. The zero-order chi connectivity index (χ0) is 8.36. The first-order chi connectivity index (χ1) is 5.41. The van der Waals surface area contributed by atoms with E-state index in [1.165, 1.54) is 25.7 Å². The maximum absolute atomic E-state index is 4.40. The molecule has 0 aliphatic rings. The van der Waals surface area contributed by atoms with E-state index in [-0.39, 0.29) is 0 Å². The zero-order valence-electron chi connectivity index (χ0n) is 7.05. The number of unbranched alkanes of at least 4 members (excludes halogenated alkanes) is 4. The van der Waals surface area contributed by atoms with Crippen LogP contribution in [0.4, 0.5) is 0 Å². The zero-order valence-corrected chi connectivity index (χ0v) is 7.86. The van der Waals surface area contributed by atoms with Crippen molar-refractivity contribution in [1.29, 1.82) is 0 Å². The largest absolute Gasteiger partial charge is 0.203 e. The SMILES string of the molecule is CCCCCCC=CN=C=S. The maximum atomic E-state index is 4.40. The van der Waals surface area contributed by atoms with Gasteiger partial charge in [-0.15, -0.1) is 0 Å². The van der Waals surface area contributed by atoms with Crippen LogP contribution in [0.25, 0.3) is 0 Å². The van der Waals surface area contributed by atoms with E-state index in [4.69, 9.17) is 0 Å². The highest BCUT2D eigenvalue weighted by Crippen LogP contribution is 2.02. The molecule has 0 bridgehead atoms. The van der Waals surface area contributed by atoms with Crippen molar-refractivity contribution >= 4 is 17.4 Å². The molecule has 0 saturated carbocycles. The van der Waals surface area contributed by atoms with Gasteiger partial charge in [-0.3, -0.25) is 0 Å². The normalized spacial score (nSPS) is 9.91. The van der Waals surface area contributed by atoms with E-state index in [2.05, 4.69) is 29.3 Å². The highest BCUT2D eigenvalue weighted by molar-refractivity contribution is 7.78. The molecule has 62 valence electrons. The molecule has 0 aromatic heterocycles. The second-order valence-corrected chi connectivity index (χ2v) is 2.64. The van der Waals surface area contributed by atoms with Crippen LogP contribution in [0.3, 0.4) is 0 Å². The summed E-state index contributed by atoms with van der Waals surface area (Å²) in [5.41, 5.74) is 0. The van der Waals surface area contributed by atoms with Crippen LogP contribution in [-0.4, -0.2) is 5.16 Å². The highest BCUT2D eigenvalue weighted by atomic mass is 32.1. The van der Waals surface area contributed by atoms with Gasteiger partial charge in [-0.2, -0.15) is 0 Å². The van der Waals surface area contributed by atoms with Crippen molar-refractivity contribution in [2.45, 2.75) is 39.0 Å². The van der Waals surface area contributed by atoms with E-state index >= 15 is 0 Å². The quantitative estimate of drug-likeness (QED) is 0.336. The fourth-order valence-electron chi connectivity index (χ4n) is 0.847. The van der Waals surface area contributed by atoms with Gasteiger partial charge in [0.1, 0.15) is 0 Å². The summed E-state index contributed by atoms with van der Waals surface area (Å²) in [7, 11) is 0. The second kappa shape index (κ2) is 9.54. The third kappa shape index (κ3) is 9.54. The summed E-state index contributed by atoms with van der Waals surface area (Å²) < 4.78 is 0. The van der Waals surface area contributed by atoms with Gasteiger partial charge in [-0.25, -0.2) is 4.99 Å². The Hall–Kier alpha value is -0.460. The van der Waals surface area contributed by atoms with Crippen molar-refractivity contribution in [2.75, 3.05) is 0 Å². The van der Waals surface area contributed by atoms with Crippen LogP contribution in [0, 0.1) is 0 Å². The standard InChI is InChI=1S/C9H15NS/c1-2-3-4-5-6-7-8-10-9-11/h7-8H,2-6H2,1H3. The molecular formula is C9H15NS. The summed E-state index contributed by atoms with van der Waals surface area (Å²) in [6.45, 7) is 2.21. The first-order valence-electron chi connectivity index (χ1n) is 4.13. The Labute approximate surface area is 74.2 Å². The summed E-state index contributed by atoms with van der Waals surface area (Å²) in [5.74, 6) is 0. The molecule has 0 heterocycles. The topological polar surface area (TPSA) is 12.4 Å². The van der Waals surface area contributed by atoms with E-state index in [0.717, 1.165) is 6.42 Å². The summed E-state index contributed by atoms with van der Waals surface area (Å²) >= 11 is 4.40. The van der Waals surface area contributed by atoms with Crippen LogP contribution < -0.4 is 0 Å². The molecule has 0 unspecified atom stereocenters. The molecule has 0 aromatic rings. The third-order valence-corrected chi connectivity index (χ3v) is 1.56. The molecule has 11 heavy (non-hydrogen) atoms. The summed E-state index contributed by atoms with van der Waals surface area (Å²) in [4.78, 5) is 3.67. The fraction of sp³-hybridized carbons (Fsp3) is 0.667. The van der Waals surface area contributed by atoms with Crippen LogP contribution in [0.1, 0.15) is 39.0 Å². The number of hydrogen-bond acceptors (Lipinski definition) is 2. The van der Waals surface area contributed by atoms with Crippen molar-refractivity contribution in [1.82, 2.24) is 0 Å². The molecule has 0 aliphatic heterocycles. The summed E-state index contributed by atoms with van der Waals surface area (Å²) in [6.07, 6.45) is 10.1. The maximum Gasteiger partial charge on any atom is 0.0634 e. The molecule has 0 radical (unpaired) electrons. The average molecular weight is 169 g/mol. The number of allylic oxidation sites excluding steroid dienone is 1. The molecule has 0 aliphatic carbocycles. The lowest BCUT2D eigenvalue weighted by atomic mass is 10.1. The molecule has 2 heteroatoms. The van der Waals surface area contributed by atoms with E-state index in [9.17, 15) is 0 Å². The molecule has 1 nitrogen and oxygen atoms in total. The van der Waals surface area contributed by atoms with Gasteiger partial charge in [-0.1, -0.05) is 32.3 Å². The van der Waals surface area contributed by atoms with Gasteiger partial charge in [0, 0.05) is 6.20 Å². The predicted molar refractivity (Wildman–Crippen MR) is 52.9 cm³/mol. The fourth-order valence-corrected chi connectivity index (χ4v) is 0.907. The number of nitrogens with zero attached hydrogens (tertiary/aromatic N) is 1. The van der Waals surface area contributed by atoms with E-state index in [0.29, 0.717) is 0 Å². The first kappa shape index (κ1) is 10.5. The summed E-state index contributed by atoms with van der Waals surface area (Å²) in [5, 5.41) is 2.29. The number of rotatable bonds is 6. The Morgan fingerprint density at radius 1 is 1.36 bits per heavy atom. The van der Waals surface area contributed by atoms with Crippen LogP contribution >= 0.6 is 12.2 Å². The van der Waals surface area contributed by atoms with Crippen LogP contribution in [0.5, 0.6) is 0 Å². The first-order valence-corrected chi connectivity index (χ1v) is 4.54. The molecule has 0 fully saturated rings. The molecule has 0 rings (SSSR count). The molecule has 0 spiro atoms. The van der Waals surface area contributed by atoms with Crippen molar-refractivity contribution in [2.24, 2.45) is 4.99 Å². The number of isothiocyanates is 1. The molecule has 0 N–H and O–H groups in total. The summed E-state index contributed by atoms with van der Waals surface area (Å²) in [6, 6.07) is 0. The minimum Gasteiger partial charge on any atom is -0.203 e. The van der Waals surface area contributed by atoms with Gasteiger partial charge >= 0.3 is 0 Å². The Balaban J connectivity index is 3.07. The molecular weight excluding hydrogens is 154 g/mol. The van der Waals surface area contributed by atoms with Crippen LogP contribution in [-0.2, 0) is 0 Å². The number of aliphatic imine (C=N–C) groups is 1. The van der Waals surface area contributed by atoms with E-state index in [1.807, 2.05) is 6.08 Å². The molecule has 0 atom stereocenters. The van der Waals surface area contributed by atoms with Gasteiger partial charge in [0.05, 0.1) is 5.16 Å². The van der Waals surface area contributed by atoms with Gasteiger partial charge in [0.2, 0.25) is 0 Å². The van der Waals surface area contributed by atoms with Crippen molar-refractivity contribution in [3.63, 3.8) is 0 Å². The molecule has 0 amide bonds. The lowest BCUT2D eigenvalue weighted by Gasteiger charge is -1.92. The lowest BCUT2D eigenvalue weighted by Crippen LogP contribution is -1.72. The minimum atomic E-state index is 1.11. The van der Waals surface area contributed by atoms with Gasteiger partial charge in [0.25, 0.3) is 0 Å². The predicted octanol–water partition coefficient (Wildman–Crippen LogP) is 3.57. The van der Waals surface area contributed by atoms with Crippen molar-refractivity contribution < 1.29 is 0 Å². The number of hydrogen-bond donors (Lipinski definition) is 0. The molecule has 0 saturated heterocycles. The molecule has 0 aromatic carbocycles. The van der Waals surface area contributed by atoms with Crippen LogP contribution in [0.15, 0.2) is 17.3 Å². The highest BCUT2D eigenvalue weighted by Gasteiger charge is 1.82. The Morgan fingerprint density at radius 3 is 2.82 bits per heavy atom. The van der Waals surface area contributed by atoms with E-state index in [1.54, 1.807) is 6.20 Å². The van der Waals surface area contributed by atoms with Gasteiger partial charge in [-0.05, 0) is 25.1 Å². The van der Waals surface area contributed by atoms with Crippen LogP contribution in [0.2, 0.25) is 0 Å². The average Bonchev–Trinajstić information content (AvgIpc) is 2.03. The van der Waals surface area contributed by atoms with E-state index < -0.39 is 0 Å². The Kier molecular flexibility index (Phi) is 9.14. The van der Waals surface area contributed by atoms with Crippen molar-refractivity contribution in [3.05, 3.63) is 12.3 Å². The monoisotopic (exact) mass is 169 g/mol. The lowest BCUT2D eigenvalue weighted by molar-refractivity contribution is 0.674. The van der Waals surface area contributed by atoms with Gasteiger partial charge < -0.3 is 0 Å². The smallest absolute Gasteiger partial charge is 0.0634 e. The number of thiocarbonyl (C=S) groups is 1. The van der Waals surface area contributed by atoms with Gasteiger partial charge in [0.15, 0.2) is 0 Å². The van der Waals surface area contributed by atoms with Crippen molar-refractivity contribution in [3.8, 4) is 0 Å².